The van der Waals surface area contributed by atoms with Crippen molar-refractivity contribution in [2.75, 3.05) is 13.1 Å². The lowest BCUT2D eigenvalue weighted by atomic mass is 9.45. The van der Waals surface area contributed by atoms with Crippen LogP contribution in [-0.2, 0) is 0 Å². The van der Waals surface area contributed by atoms with Crippen molar-refractivity contribution in [1.29, 1.82) is 0 Å². The first-order chi connectivity index (χ1) is 12.9. The van der Waals surface area contributed by atoms with E-state index in [1.165, 1.54) is 51.6 Å². The summed E-state index contributed by atoms with van der Waals surface area (Å²) in [7, 11) is 0. The number of aliphatic hydroxyl groups is 1. The number of hydrogen-bond donors (Lipinski definition) is 2. The summed E-state index contributed by atoms with van der Waals surface area (Å²) in [5.74, 6) is 3.96. The number of aliphatic hydroxyl groups excluding tert-OH is 1. The minimum Gasteiger partial charge on any atom is -0.393 e. The highest BCUT2D eigenvalue weighted by Gasteiger charge is 2.58. The monoisotopic (exact) mass is 369 g/mol. The average Bonchev–Trinajstić information content (AvgIpc) is 3.01. The highest BCUT2D eigenvalue weighted by molar-refractivity contribution is 5.32. The molecule has 0 bridgehead atoms. The number of rotatable bonds is 1. The van der Waals surface area contributed by atoms with Crippen LogP contribution in [0.5, 0.6) is 0 Å². The summed E-state index contributed by atoms with van der Waals surface area (Å²) in [5.41, 5.74) is 4.22. The molecule has 2 saturated carbocycles. The summed E-state index contributed by atoms with van der Waals surface area (Å²) in [6, 6.07) is 0. The van der Waals surface area contributed by atoms with Crippen LogP contribution in [0.15, 0.2) is 23.3 Å². The molecule has 5 aliphatic rings. The van der Waals surface area contributed by atoms with E-state index in [4.69, 9.17) is 0 Å². The number of piperidine rings is 1. The summed E-state index contributed by atoms with van der Waals surface area (Å²) in [4.78, 5) is 0. The largest absolute Gasteiger partial charge is 0.393 e. The molecular weight excluding hydrogens is 330 g/mol. The molecule has 5 rings (SSSR count). The molecule has 2 heteroatoms. The van der Waals surface area contributed by atoms with E-state index < -0.39 is 0 Å². The van der Waals surface area contributed by atoms with E-state index in [1.807, 2.05) is 5.57 Å². The third kappa shape index (κ3) is 2.65. The van der Waals surface area contributed by atoms with E-state index in [-0.39, 0.29) is 6.10 Å². The molecule has 4 aliphatic carbocycles. The molecule has 1 heterocycles. The molecule has 0 aromatic rings. The SMILES string of the molecule is C[C@H]1C=C2C[C@@H](O)CC[C@]2(C)[C@H]2CC[C@]3(C)C(C4CCCNC4)=CC[C@H]3[C@H]12. The first kappa shape index (κ1) is 18.4. The number of fused-ring (bicyclic) bond motifs is 5. The zero-order valence-corrected chi connectivity index (χ0v) is 17.6. The standard InChI is InChI=1S/C25H39NO/c1-16-13-18-14-19(27)8-10-24(18,2)22-9-11-25(3)20(6-7-21(25)23(16)22)17-5-4-12-26-15-17/h6,13,16-17,19,21-23,26-27H,4-5,7-12,14-15H2,1-3H3/t16-,17?,19-,21-,22-,23-,24-,25+/m0/s1. The Balaban J connectivity index is 1.46. The van der Waals surface area contributed by atoms with Gasteiger partial charge in [-0.1, -0.05) is 44.1 Å². The Morgan fingerprint density at radius 3 is 2.67 bits per heavy atom. The van der Waals surface area contributed by atoms with Gasteiger partial charge in [-0.15, -0.1) is 0 Å². The maximum absolute atomic E-state index is 10.3. The Morgan fingerprint density at radius 1 is 1.07 bits per heavy atom. The molecule has 27 heavy (non-hydrogen) atoms. The predicted octanol–water partition coefficient (Wildman–Crippen LogP) is 5.09. The van der Waals surface area contributed by atoms with E-state index >= 15 is 0 Å². The fraction of sp³-hybridized carbons (Fsp3) is 0.840. The van der Waals surface area contributed by atoms with Crippen LogP contribution in [0.1, 0.15) is 72.1 Å². The number of allylic oxidation sites excluding steroid dienone is 2. The summed E-state index contributed by atoms with van der Waals surface area (Å²) < 4.78 is 0. The summed E-state index contributed by atoms with van der Waals surface area (Å²) in [6.07, 6.45) is 15.2. The third-order valence-electron chi connectivity index (χ3n) is 9.79. The lowest BCUT2D eigenvalue weighted by Gasteiger charge is -2.60. The quantitative estimate of drug-likeness (QED) is 0.631. The minimum absolute atomic E-state index is 0.0968. The summed E-state index contributed by atoms with van der Waals surface area (Å²) >= 11 is 0. The van der Waals surface area contributed by atoms with E-state index in [9.17, 15) is 5.11 Å². The van der Waals surface area contributed by atoms with Gasteiger partial charge in [-0.3, -0.25) is 0 Å². The first-order valence-corrected chi connectivity index (χ1v) is 11.7. The van der Waals surface area contributed by atoms with Crippen LogP contribution >= 0.6 is 0 Å². The fourth-order valence-corrected chi connectivity index (χ4v) is 8.35. The van der Waals surface area contributed by atoms with Crippen molar-refractivity contribution in [3.05, 3.63) is 23.3 Å². The van der Waals surface area contributed by atoms with Crippen molar-refractivity contribution in [1.82, 2.24) is 5.32 Å². The second-order valence-corrected chi connectivity index (χ2v) is 11.1. The van der Waals surface area contributed by atoms with Crippen molar-refractivity contribution >= 4 is 0 Å². The van der Waals surface area contributed by atoms with Gasteiger partial charge in [0.2, 0.25) is 0 Å². The molecule has 0 radical (unpaired) electrons. The van der Waals surface area contributed by atoms with Crippen LogP contribution in [0.2, 0.25) is 0 Å². The van der Waals surface area contributed by atoms with Gasteiger partial charge in [-0.05, 0) is 98.3 Å². The van der Waals surface area contributed by atoms with E-state index in [0.29, 0.717) is 16.7 Å². The van der Waals surface area contributed by atoms with Crippen LogP contribution in [0.4, 0.5) is 0 Å². The highest BCUT2D eigenvalue weighted by Crippen LogP contribution is 2.66. The average molecular weight is 370 g/mol. The second kappa shape index (κ2) is 6.46. The van der Waals surface area contributed by atoms with Gasteiger partial charge in [0.25, 0.3) is 0 Å². The van der Waals surface area contributed by atoms with Gasteiger partial charge in [0.1, 0.15) is 0 Å². The van der Waals surface area contributed by atoms with Crippen LogP contribution in [0, 0.1) is 40.4 Å². The number of nitrogens with one attached hydrogen (secondary N) is 1. The van der Waals surface area contributed by atoms with Crippen molar-refractivity contribution in [2.45, 2.75) is 78.2 Å². The molecule has 0 spiro atoms. The first-order valence-electron chi connectivity index (χ1n) is 11.7. The van der Waals surface area contributed by atoms with Crippen molar-refractivity contribution in [2.24, 2.45) is 40.4 Å². The van der Waals surface area contributed by atoms with Crippen molar-refractivity contribution < 1.29 is 5.11 Å². The molecule has 0 aromatic heterocycles. The normalized spacial score (nSPS) is 52.3. The topological polar surface area (TPSA) is 32.3 Å². The molecule has 8 atom stereocenters. The van der Waals surface area contributed by atoms with Crippen LogP contribution < -0.4 is 5.32 Å². The molecule has 2 N–H and O–H groups in total. The third-order valence-corrected chi connectivity index (χ3v) is 9.79. The molecule has 2 nitrogen and oxygen atoms in total. The predicted molar refractivity (Wildman–Crippen MR) is 111 cm³/mol. The zero-order valence-electron chi connectivity index (χ0n) is 17.6. The van der Waals surface area contributed by atoms with Crippen molar-refractivity contribution in [3.63, 3.8) is 0 Å². The van der Waals surface area contributed by atoms with Crippen molar-refractivity contribution in [3.8, 4) is 0 Å². The van der Waals surface area contributed by atoms with Crippen LogP contribution in [0.25, 0.3) is 0 Å². The van der Waals surface area contributed by atoms with E-state index in [0.717, 1.165) is 36.5 Å². The molecule has 0 amide bonds. The summed E-state index contributed by atoms with van der Waals surface area (Å²) in [6.45, 7) is 10.1. The van der Waals surface area contributed by atoms with Gasteiger partial charge in [-0.25, -0.2) is 0 Å². The highest BCUT2D eigenvalue weighted by atomic mass is 16.3. The molecule has 1 aliphatic heterocycles. The maximum Gasteiger partial charge on any atom is 0.0577 e. The lowest BCUT2D eigenvalue weighted by molar-refractivity contribution is -0.0502. The van der Waals surface area contributed by atoms with E-state index in [1.54, 1.807) is 5.57 Å². The molecule has 1 unspecified atom stereocenters. The van der Waals surface area contributed by atoms with Gasteiger partial charge in [0, 0.05) is 6.54 Å². The Hall–Kier alpha value is -0.600. The second-order valence-electron chi connectivity index (χ2n) is 11.1. The lowest BCUT2D eigenvalue weighted by Crippen LogP contribution is -2.53. The molecule has 1 saturated heterocycles. The van der Waals surface area contributed by atoms with Gasteiger partial charge >= 0.3 is 0 Å². The van der Waals surface area contributed by atoms with Crippen LogP contribution in [-0.4, -0.2) is 24.3 Å². The van der Waals surface area contributed by atoms with Crippen LogP contribution in [0.3, 0.4) is 0 Å². The molecule has 150 valence electrons. The van der Waals surface area contributed by atoms with Gasteiger partial charge in [0.15, 0.2) is 0 Å². The fourth-order valence-electron chi connectivity index (χ4n) is 8.35. The van der Waals surface area contributed by atoms with E-state index in [2.05, 4.69) is 38.2 Å². The number of hydrogen-bond acceptors (Lipinski definition) is 2. The Morgan fingerprint density at radius 2 is 1.89 bits per heavy atom. The molecular formula is C25H39NO. The molecule has 0 aromatic carbocycles. The Labute approximate surface area is 165 Å². The smallest absolute Gasteiger partial charge is 0.0577 e. The minimum atomic E-state index is -0.0968. The van der Waals surface area contributed by atoms with Gasteiger partial charge in [-0.2, -0.15) is 0 Å². The van der Waals surface area contributed by atoms with Gasteiger partial charge < -0.3 is 10.4 Å². The maximum atomic E-state index is 10.3. The summed E-state index contributed by atoms with van der Waals surface area (Å²) in [5, 5.41) is 13.9. The van der Waals surface area contributed by atoms with Gasteiger partial charge in [0.05, 0.1) is 6.10 Å². The Kier molecular flexibility index (Phi) is 4.41. The zero-order chi connectivity index (χ0) is 18.8. The molecule has 3 fully saturated rings. The Bertz CT molecular complexity index is 659.